The van der Waals surface area contributed by atoms with Crippen LogP contribution < -0.4 is 0 Å². The first-order valence-corrected chi connectivity index (χ1v) is 18.1. The second-order valence-corrected chi connectivity index (χ2v) is 17.5. The molecule has 264 valence electrons. The predicted octanol–water partition coefficient (Wildman–Crippen LogP) is 3.82. The van der Waals surface area contributed by atoms with Crippen molar-refractivity contribution in [2.45, 2.75) is 136 Å². The van der Waals surface area contributed by atoms with Gasteiger partial charge < -0.3 is 39.7 Å². The van der Waals surface area contributed by atoms with E-state index in [0.717, 1.165) is 44.9 Å². The Morgan fingerprint density at radius 1 is 0.957 bits per heavy atom. The summed E-state index contributed by atoms with van der Waals surface area (Å²) < 4.78 is 17.4. The number of carbonyl (C=O) groups is 2. The number of rotatable bonds is 7. The van der Waals surface area contributed by atoms with Crippen LogP contribution in [-0.2, 0) is 23.8 Å². The molecule has 10 heteroatoms. The summed E-state index contributed by atoms with van der Waals surface area (Å²) in [4.78, 5) is 25.2. The van der Waals surface area contributed by atoms with Crippen molar-refractivity contribution in [1.82, 2.24) is 0 Å². The van der Waals surface area contributed by atoms with E-state index in [1.54, 1.807) is 0 Å². The highest BCUT2D eigenvalue weighted by atomic mass is 16.7. The van der Waals surface area contributed by atoms with E-state index in [0.29, 0.717) is 36.4 Å². The van der Waals surface area contributed by atoms with Crippen molar-refractivity contribution < 1.29 is 49.3 Å². The van der Waals surface area contributed by atoms with Crippen LogP contribution in [0.15, 0.2) is 11.6 Å². The van der Waals surface area contributed by atoms with Crippen LogP contribution in [0.4, 0.5) is 0 Å². The third-order valence-electron chi connectivity index (χ3n) is 16.0. The zero-order chi connectivity index (χ0) is 33.9. The summed E-state index contributed by atoms with van der Waals surface area (Å²) in [6.07, 6.45) is 4.20. The molecule has 6 fully saturated rings. The van der Waals surface area contributed by atoms with Crippen LogP contribution in [0.5, 0.6) is 0 Å². The Kier molecular flexibility index (Phi) is 8.10. The number of carboxylic acids is 1. The Hall–Kier alpha value is -1.56. The fourth-order valence-electron chi connectivity index (χ4n) is 13.4. The fourth-order valence-corrected chi connectivity index (χ4v) is 13.4. The second-order valence-electron chi connectivity index (χ2n) is 17.5. The molecule has 2 aliphatic heterocycles. The van der Waals surface area contributed by atoms with Crippen LogP contribution in [-0.4, -0.2) is 87.5 Å². The summed E-state index contributed by atoms with van der Waals surface area (Å²) in [5.41, 5.74) is -0.0526. The molecule has 0 bridgehead atoms. The Labute approximate surface area is 278 Å². The monoisotopic (exact) mass is 660 g/mol. The molecule has 5 N–H and O–H groups in total. The molecule has 5 saturated carbocycles. The van der Waals surface area contributed by atoms with Gasteiger partial charge in [0.2, 0.25) is 0 Å². The highest BCUT2D eigenvalue weighted by Gasteiger charge is 2.83. The molecule has 0 aromatic carbocycles. The minimum Gasteiger partial charge on any atom is -0.481 e. The first-order valence-electron chi connectivity index (χ1n) is 18.1. The lowest BCUT2D eigenvalue weighted by molar-refractivity contribution is -0.326. The molecule has 0 aromatic heterocycles. The molecule has 0 radical (unpaired) electrons. The van der Waals surface area contributed by atoms with Crippen molar-refractivity contribution in [2.24, 2.45) is 56.7 Å². The van der Waals surface area contributed by atoms with Gasteiger partial charge in [0, 0.05) is 11.5 Å². The van der Waals surface area contributed by atoms with Gasteiger partial charge in [-0.2, -0.15) is 0 Å². The molecule has 7 rings (SSSR count). The number of esters is 1. The minimum absolute atomic E-state index is 0.0549. The Morgan fingerprint density at radius 2 is 1.66 bits per heavy atom. The summed E-state index contributed by atoms with van der Waals surface area (Å²) in [7, 11) is 0. The molecule has 0 unspecified atom stereocenters. The summed E-state index contributed by atoms with van der Waals surface area (Å²) in [6.45, 7) is 11.1. The van der Waals surface area contributed by atoms with E-state index in [9.17, 15) is 35.1 Å². The normalized spacial score (nSPS) is 54.2. The number of carboxylic acid groups (broad SMARTS) is 1. The number of fused-ring (bicyclic) bond motifs is 2. The van der Waals surface area contributed by atoms with Gasteiger partial charge in [0.05, 0.1) is 24.7 Å². The number of carbonyl (C=O) groups excluding carboxylic acids is 1. The third-order valence-corrected chi connectivity index (χ3v) is 16.0. The molecule has 47 heavy (non-hydrogen) atoms. The number of aliphatic carboxylic acids is 1. The molecular formula is C37H56O10. The van der Waals surface area contributed by atoms with Gasteiger partial charge >= 0.3 is 11.9 Å². The zero-order valence-electron chi connectivity index (χ0n) is 28.7. The first-order chi connectivity index (χ1) is 22.1. The van der Waals surface area contributed by atoms with Gasteiger partial charge in [0.25, 0.3) is 0 Å². The number of ether oxygens (including phenoxy) is 3. The van der Waals surface area contributed by atoms with Crippen molar-refractivity contribution >= 4 is 11.9 Å². The summed E-state index contributed by atoms with van der Waals surface area (Å²) in [5.74, 6) is 0.725. The number of cyclic esters (lactones) is 1. The average molecular weight is 661 g/mol. The number of hydrogen-bond donors (Lipinski definition) is 5. The van der Waals surface area contributed by atoms with Crippen molar-refractivity contribution in [1.29, 1.82) is 0 Å². The van der Waals surface area contributed by atoms with Gasteiger partial charge in [-0.25, -0.2) is 4.79 Å². The maximum Gasteiger partial charge on any atom is 0.333 e. The summed E-state index contributed by atoms with van der Waals surface area (Å²) >= 11 is 0. The smallest absolute Gasteiger partial charge is 0.333 e. The maximum absolute atomic E-state index is 13.3. The van der Waals surface area contributed by atoms with E-state index in [2.05, 4.69) is 26.8 Å². The highest BCUT2D eigenvalue weighted by molar-refractivity contribution is 5.88. The van der Waals surface area contributed by atoms with Gasteiger partial charge in [0.15, 0.2) is 6.29 Å². The van der Waals surface area contributed by atoms with Crippen LogP contribution in [0.25, 0.3) is 0 Å². The number of aliphatic hydroxyl groups excluding tert-OH is 4. The van der Waals surface area contributed by atoms with Gasteiger partial charge in [-0.15, -0.1) is 0 Å². The predicted molar refractivity (Wildman–Crippen MR) is 169 cm³/mol. The lowest BCUT2D eigenvalue weighted by Gasteiger charge is -2.63. The van der Waals surface area contributed by atoms with Crippen molar-refractivity contribution in [2.75, 3.05) is 13.2 Å². The van der Waals surface area contributed by atoms with Gasteiger partial charge in [-0.3, -0.25) is 4.79 Å². The molecule has 5 aliphatic carbocycles. The second kappa shape index (κ2) is 11.2. The SMILES string of the molecule is CC1=C[C@@H](C[C@@H](C)[C@H]2CC[C@@]3(C)[C@@H]4CC[C@H]5[C@](C)(C(=O)O)[C@@H](O[C@@H]6O[C@H](CO)[C@@H](O)[C@H](O)[C@H]6O)CC[C@@]56C[C@@]46CC[C@]23C)COC1=O. The number of aliphatic hydroxyl groups is 4. The Balaban J connectivity index is 1.11. The summed E-state index contributed by atoms with van der Waals surface area (Å²) in [6, 6.07) is 0. The molecule has 7 aliphatic rings. The van der Waals surface area contributed by atoms with E-state index in [1.807, 2.05) is 13.8 Å². The van der Waals surface area contributed by atoms with Gasteiger partial charge in [-0.1, -0.05) is 26.8 Å². The topological polar surface area (TPSA) is 163 Å². The van der Waals surface area contributed by atoms with E-state index < -0.39 is 54.8 Å². The van der Waals surface area contributed by atoms with Crippen LogP contribution in [0.2, 0.25) is 0 Å². The van der Waals surface area contributed by atoms with Crippen molar-refractivity contribution in [3.8, 4) is 0 Å². The third kappa shape index (κ3) is 4.50. The zero-order valence-corrected chi connectivity index (χ0v) is 28.7. The number of hydrogen-bond acceptors (Lipinski definition) is 9. The molecule has 10 nitrogen and oxygen atoms in total. The first kappa shape index (κ1) is 33.9. The molecule has 2 heterocycles. The minimum atomic E-state index is -1.57. The molecule has 16 atom stereocenters. The lowest BCUT2D eigenvalue weighted by Crippen LogP contribution is -2.63. The fraction of sp³-hybridized carbons (Fsp3) is 0.892. The van der Waals surface area contributed by atoms with Crippen LogP contribution in [0.1, 0.15) is 98.8 Å². The van der Waals surface area contributed by atoms with E-state index in [-0.39, 0.29) is 39.5 Å². The van der Waals surface area contributed by atoms with E-state index in [1.165, 1.54) is 12.8 Å². The average Bonchev–Trinajstić information content (AvgIpc) is 3.61. The highest BCUT2D eigenvalue weighted by Crippen LogP contribution is 2.89. The van der Waals surface area contributed by atoms with E-state index in [4.69, 9.17) is 14.2 Å². The van der Waals surface area contributed by atoms with Crippen molar-refractivity contribution in [3.63, 3.8) is 0 Å². The summed E-state index contributed by atoms with van der Waals surface area (Å²) in [5, 5.41) is 51.9. The molecule has 0 amide bonds. The van der Waals surface area contributed by atoms with Crippen LogP contribution >= 0.6 is 0 Å². The standard InChI is InChI=1S/C37H56O10/c1-19(14-21-15-20(2)30(42)45-17-21)22-8-10-34(4)24-6-7-25-35(5,32(43)44)26(47-31-29(41)28(40)27(39)23(16-38)46-31)9-11-36(25)18-37(24,36)13-12-33(22,34)3/h15,19,21-29,31,38-41H,6-14,16-18H2,1-5H3,(H,43,44)/t19-,21-,22-,23-,24+,25+,26+,27-,28+,29-,31+,33-,34+,35+,36-,37+/m1/s1. The quantitative estimate of drug-likeness (QED) is 0.200. The molecule has 0 aromatic rings. The van der Waals surface area contributed by atoms with Crippen LogP contribution in [0.3, 0.4) is 0 Å². The van der Waals surface area contributed by atoms with Crippen molar-refractivity contribution in [3.05, 3.63) is 11.6 Å². The van der Waals surface area contributed by atoms with Crippen LogP contribution in [0, 0.1) is 56.7 Å². The Bertz CT molecular complexity index is 1320. The van der Waals surface area contributed by atoms with Gasteiger partial charge in [0.1, 0.15) is 24.4 Å². The Morgan fingerprint density at radius 3 is 2.34 bits per heavy atom. The lowest BCUT2D eigenvalue weighted by atomic mass is 9.41. The maximum atomic E-state index is 13.3. The molecule has 1 saturated heterocycles. The largest absolute Gasteiger partial charge is 0.481 e. The van der Waals surface area contributed by atoms with E-state index >= 15 is 0 Å². The molecule has 2 spiro atoms. The molecular weight excluding hydrogens is 604 g/mol. The van der Waals surface area contributed by atoms with Gasteiger partial charge in [-0.05, 0) is 123 Å².